The van der Waals surface area contributed by atoms with Gasteiger partial charge in [0.1, 0.15) is 0 Å². The van der Waals surface area contributed by atoms with Crippen molar-refractivity contribution < 1.29 is 14.0 Å². The molecule has 1 unspecified atom stereocenters. The van der Waals surface area contributed by atoms with Gasteiger partial charge in [-0.2, -0.15) is 0 Å². The highest BCUT2D eigenvalue weighted by molar-refractivity contribution is 6.01. The van der Waals surface area contributed by atoms with Gasteiger partial charge in [-0.1, -0.05) is 0 Å². The number of nitrogens with one attached hydrogen (secondary N) is 2. The quantitative estimate of drug-likeness (QED) is 0.486. The highest BCUT2D eigenvalue weighted by atomic mass is 19.1. The minimum absolute atomic E-state index is 0.252. The molecule has 0 saturated carbocycles. The minimum atomic E-state index is -1.96. The molecule has 1 rings (SSSR count). The van der Waals surface area contributed by atoms with Crippen molar-refractivity contribution in [1.29, 1.82) is 0 Å². The molecule has 1 saturated heterocycles. The van der Waals surface area contributed by atoms with Gasteiger partial charge in [0.2, 0.25) is 5.67 Å². The Bertz CT molecular complexity index is 190. The van der Waals surface area contributed by atoms with E-state index in [4.69, 9.17) is 0 Å². The number of alkyl halides is 1. The third kappa shape index (κ3) is 1.07. The first-order valence-electron chi connectivity index (χ1n) is 2.80. The molecule has 1 aliphatic rings. The van der Waals surface area contributed by atoms with Gasteiger partial charge in [0, 0.05) is 0 Å². The van der Waals surface area contributed by atoms with E-state index in [1.54, 1.807) is 5.32 Å². The zero-order valence-corrected chi connectivity index (χ0v) is 5.40. The summed E-state index contributed by atoms with van der Waals surface area (Å²) in [7, 11) is 0. The second kappa shape index (κ2) is 1.93. The molecule has 1 fully saturated rings. The lowest BCUT2D eigenvalue weighted by molar-refractivity contribution is -0.131. The smallest absolute Gasteiger partial charge is 0.321 e. The van der Waals surface area contributed by atoms with E-state index >= 15 is 0 Å². The second-order valence-electron chi connectivity index (χ2n) is 2.33. The summed E-state index contributed by atoms with van der Waals surface area (Å²) >= 11 is 0. The Morgan fingerprint density at radius 1 is 1.60 bits per heavy atom. The predicted molar refractivity (Wildman–Crippen MR) is 31.1 cm³/mol. The Hall–Kier alpha value is -1.13. The zero-order valence-electron chi connectivity index (χ0n) is 5.40. The number of rotatable bonds is 0. The van der Waals surface area contributed by atoms with Crippen LogP contribution in [0.4, 0.5) is 9.18 Å². The molecule has 3 amide bonds. The van der Waals surface area contributed by atoms with Crippen molar-refractivity contribution >= 4 is 11.9 Å². The van der Waals surface area contributed by atoms with Gasteiger partial charge in [-0.05, 0) is 6.92 Å². The first kappa shape index (κ1) is 6.98. The third-order valence-corrected chi connectivity index (χ3v) is 1.28. The second-order valence-corrected chi connectivity index (χ2v) is 2.33. The van der Waals surface area contributed by atoms with E-state index < -0.39 is 17.6 Å². The average Bonchev–Trinajstić information content (AvgIpc) is 1.81. The molecular weight excluding hydrogens is 139 g/mol. The molecule has 0 aromatic heterocycles. The molecule has 56 valence electrons. The van der Waals surface area contributed by atoms with Crippen LogP contribution in [0.5, 0.6) is 0 Å². The van der Waals surface area contributed by atoms with Crippen LogP contribution in [0, 0.1) is 0 Å². The summed E-state index contributed by atoms with van der Waals surface area (Å²) in [4.78, 5) is 20.9. The summed E-state index contributed by atoms with van der Waals surface area (Å²) in [5.74, 6) is -0.878. The molecule has 2 N–H and O–H groups in total. The van der Waals surface area contributed by atoms with Crippen molar-refractivity contribution in [3.8, 4) is 0 Å². The normalized spacial score (nSPS) is 33.0. The summed E-state index contributed by atoms with van der Waals surface area (Å²) in [5.41, 5.74) is -1.96. The topological polar surface area (TPSA) is 58.2 Å². The van der Waals surface area contributed by atoms with Crippen LogP contribution in [-0.4, -0.2) is 24.2 Å². The summed E-state index contributed by atoms with van der Waals surface area (Å²) in [5, 5.41) is 3.96. The van der Waals surface area contributed by atoms with Crippen LogP contribution in [0.2, 0.25) is 0 Å². The van der Waals surface area contributed by atoms with Crippen molar-refractivity contribution in [1.82, 2.24) is 10.6 Å². The molecule has 0 radical (unpaired) electrons. The van der Waals surface area contributed by atoms with Gasteiger partial charge in [-0.25, -0.2) is 9.18 Å². The summed E-state index contributed by atoms with van der Waals surface area (Å²) in [6.45, 7) is 0.861. The van der Waals surface area contributed by atoms with E-state index in [2.05, 4.69) is 5.32 Å². The SMILES string of the molecule is CC1(F)CNC(=O)NC1=O. The molecule has 0 bridgehead atoms. The largest absolute Gasteiger partial charge is 0.334 e. The zero-order chi connectivity index (χ0) is 7.78. The van der Waals surface area contributed by atoms with Crippen LogP contribution >= 0.6 is 0 Å². The third-order valence-electron chi connectivity index (χ3n) is 1.28. The monoisotopic (exact) mass is 146 g/mol. The van der Waals surface area contributed by atoms with E-state index in [0.717, 1.165) is 6.92 Å². The van der Waals surface area contributed by atoms with Gasteiger partial charge < -0.3 is 5.32 Å². The Morgan fingerprint density at radius 3 is 2.60 bits per heavy atom. The fourth-order valence-electron chi connectivity index (χ4n) is 0.604. The number of imide groups is 1. The van der Waals surface area contributed by atoms with Crippen molar-refractivity contribution in [2.24, 2.45) is 0 Å². The highest BCUT2D eigenvalue weighted by Gasteiger charge is 2.38. The number of carbonyl (C=O) groups is 2. The minimum Gasteiger partial charge on any atom is -0.334 e. The lowest BCUT2D eigenvalue weighted by Gasteiger charge is -2.24. The molecule has 1 heterocycles. The fraction of sp³-hybridized carbons (Fsp3) is 0.600. The number of halogens is 1. The molecule has 0 spiro atoms. The number of urea groups is 1. The van der Waals surface area contributed by atoms with Gasteiger partial charge in [0.05, 0.1) is 6.54 Å². The van der Waals surface area contributed by atoms with Gasteiger partial charge in [0.15, 0.2) is 0 Å². The maximum Gasteiger partial charge on any atom is 0.321 e. The number of hydrogen-bond acceptors (Lipinski definition) is 2. The van der Waals surface area contributed by atoms with Crippen molar-refractivity contribution in [3.05, 3.63) is 0 Å². The maximum atomic E-state index is 12.8. The van der Waals surface area contributed by atoms with Gasteiger partial charge in [-0.15, -0.1) is 0 Å². The standard InChI is InChI=1S/C5H7FN2O2/c1-5(6)2-7-4(10)8-3(5)9/h2H2,1H3,(H2,7,8,9,10). The molecular formula is C5H7FN2O2. The van der Waals surface area contributed by atoms with Crippen LogP contribution in [0.3, 0.4) is 0 Å². The van der Waals surface area contributed by atoms with Crippen molar-refractivity contribution in [3.63, 3.8) is 0 Å². The van der Waals surface area contributed by atoms with Gasteiger partial charge in [0.25, 0.3) is 5.91 Å². The first-order chi connectivity index (χ1) is 4.52. The van der Waals surface area contributed by atoms with E-state index in [-0.39, 0.29) is 6.54 Å². The Labute approximate surface area is 56.8 Å². The summed E-state index contributed by atoms with van der Waals surface area (Å²) < 4.78 is 12.8. The van der Waals surface area contributed by atoms with E-state index in [9.17, 15) is 14.0 Å². The molecule has 10 heavy (non-hydrogen) atoms. The van der Waals surface area contributed by atoms with Crippen LogP contribution < -0.4 is 10.6 Å². The summed E-state index contributed by atoms with van der Waals surface area (Å²) in [6, 6.07) is -0.639. The number of carbonyl (C=O) groups excluding carboxylic acids is 2. The predicted octanol–water partition coefficient (Wildman–Crippen LogP) is -0.446. The van der Waals surface area contributed by atoms with Crippen LogP contribution in [-0.2, 0) is 4.79 Å². The van der Waals surface area contributed by atoms with Crippen LogP contribution in [0.15, 0.2) is 0 Å². The molecule has 1 atom stereocenters. The van der Waals surface area contributed by atoms with Crippen LogP contribution in [0.25, 0.3) is 0 Å². The number of hydrogen-bond donors (Lipinski definition) is 2. The maximum absolute atomic E-state index is 12.8. The molecule has 0 aromatic carbocycles. The Kier molecular flexibility index (Phi) is 1.35. The molecule has 0 aromatic rings. The van der Waals surface area contributed by atoms with Crippen molar-refractivity contribution in [2.75, 3.05) is 6.54 Å². The van der Waals surface area contributed by atoms with Crippen LogP contribution in [0.1, 0.15) is 6.92 Å². The molecule has 5 heteroatoms. The Morgan fingerprint density at radius 2 is 2.20 bits per heavy atom. The average molecular weight is 146 g/mol. The highest BCUT2D eigenvalue weighted by Crippen LogP contribution is 2.10. The Balaban J connectivity index is 2.70. The molecule has 4 nitrogen and oxygen atoms in total. The van der Waals surface area contributed by atoms with Crippen molar-refractivity contribution in [2.45, 2.75) is 12.6 Å². The molecule has 1 aliphatic heterocycles. The van der Waals surface area contributed by atoms with Gasteiger partial charge in [-0.3, -0.25) is 10.1 Å². The summed E-state index contributed by atoms with van der Waals surface area (Å²) in [6.07, 6.45) is 0. The molecule has 0 aliphatic carbocycles. The fourth-order valence-corrected chi connectivity index (χ4v) is 0.604. The van der Waals surface area contributed by atoms with E-state index in [1.807, 2.05) is 0 Å². The lowest BCUT2D eigenvalue weighted by atomic mass is 10.1. The van der Waals surface area contributed by atoms with Gasteiger partial charge >= 0.3 is 6.03 Å². The van der Waals surface area contributed by atoms with E-state index in [0.29, 0.717) is 0 Å². The lowest BCUT2D eigenvalue weighted by Crippen LogP contribution is -2.59. The first-order valence-corrected chi connectivity index (χ1v) is 2.80. The number of amides is 3. The van der Waals surface area contributed by atoms with E-state index in [1.165, 1.54) is 0 Å².